The van der Waals surface area contributed by atoms with Crippen molar-refractivity contribution >= 4 is 64.1 Å². The van der Waals surface area contributed by atoms with Gasteiger partial charge in [-0.25, -0.2) is 0 Å². The molecule has 3 aliphatic rings. The number of fused-ring (bicyclic) bond motifs is 4. The highest BCUT2D eigenvalue weighted by Gasteiger charge is 2.46. The topological polar surface area (TPSA) is 194 Å². The summed E-state index contributed by atoms with van der Waals surface area (Å²) in [6, 6.07) is 10.0. The highest BCUT2D eigenvalue weighted by Crippen LogP contribution is 2.40. The molecule has 2 unspecified atom stereocenters. The minimum atomic E-state index is -1.13. The van der Waals surface area contributed by atoms with Crippen LogP contribution in [0.25, 0.3) is 5.00 Å². The van der Waals surface area contributed by atoms with Gasteiger partial charge in [0.25, 0.3) is 17.7 Å². The number of ether oxygens (including phenoxy) is 1. The number of imide groups is 2. The second-order valence-corrected chi connectivity index (χ2v) is 14.4. The van der Waals surface area contributed by atoms with Gasteiger partial charge in [0, 0.05) is 40.5 Å². The van der Waals surface area contributed by atoms with Crippen molar-refractivity contribution in [2.45, 2.75) is 52.1 Å². The number of amides is 6. The summed E-state index contributed by atoms with van der Waals surface area (Å²) in [5.74, 6) is -2.25. The molecule has 3 N–H and O–H groups in total. The fraction of sp³-hybridized carbons (Fsp3) is 0.306. The third-order valence-corrected chi connectivity index (χ3v) is 10.7. The molecule has 4 aromatic rings. The SMILES string of the molecule is Cc1sc2c(c1C)C(c1ccc(Cl)cc1)=NC(CC(=O)NCCNC(=O)COc1cccc3c1C(=O)N(C1CCC(=O)NC1=O)C3=O)c1nnc(C)n1-2. The first-order chi connectivity index (χ1) is 25.4. The van der Waals surface area contributed by atoms with E-state index in [-0.39, 0.29) is 55.1 Å². The van der Waals surface area contributed by atoms with Gasteiger partial charge in [-0.15, -0.1) is 21.5 Å². The van der Waals surface area contributed by atoms with Gasteiger partial charge in [0.2, 0.25) is 17.7 Å². The molecular formula is C36H33ClN8O7S. The Labute approximate surface area is 311 Å². The fourth-order valence-corrected chi connectivity index (χ4v) is 7.92. The van der Waals surface area contributed by atoms with E-state index < -0.39 is 48.2 Å². The Kier molecular flexibility index (Phi) is 9.65. The second kappa shape index (κ2) is 14.4. The van der Waals surface area contributed by atoms with Crippen LogP contribution in [-0.4, -0.2) is 86.6 Å². The van der Waals surface area contributed by atoms with Crippen LogP contribution >= 0.6 is 22.9 Å². The number of aliphatic imine (C=N–C) groups is 1. The third-order valence-electron chi connectivity index (χ3n) is 9.29. The van der Waals surface area contributed by atoms with Gasteiger partial charge in [-0.3, -0.25) is 48.5 Å². The third kappa shape index (κ3) is 6.70. The maximum atomic E-state index is 13.3. The molecule has 2 atom stereocenters. The average Bonchev–Trinajstić information content (AvgIpc) is 3.70. The van der Waals surface area contributed by atoms with Gasteiger partial charge in [0.05, 0.1) is 23.3 Å². The number of aromatic nitrogens is 3. The Morgan fingerprint density at radius 3 is 2.43 bits per heavy atom. The van der Waals surface area contributed by atoms with Crippen molar-refractivity contribution in [1.29, 1.82) is 0 Å². The molecule has 1 fully saturated rings. The standard InChI is InChI=1S/C36H33ClN8O7S/c1-17-18(2)53-36-29(17)31(20-7-9-21(37)10-8-20)40-23(32-43-42-19(3)44(32)36)15-27(47)38-13-14-39-28(48)16-52-25-6-4-5-22-30(25)35(51)45(34(22)50)24-11-12-26(46)41-33(24)49/h4-10,23-24H,11-16H2,1-3H3,(H,38,47)(H,39,48)(H,41,46,49). The molecule has 17 heteroatoms. The maximum Gasteiger partial charge on any atom is 0.266 e. The molecule has 2 aromatic carbocycles. The van der Waals surface area contributed by atoms with Crippen molar-refractivity contribution in [2.75, 3.05) is 19.7 Å². The number of rotatable bonds is 10. The molecule has 0 saturated carbocycles. The zero-order valence-corrected chi connectivity index (χ0v) is 30.4. The number of nitrogens with zero attached hydrogens (tertiary/aromatic N) is 5. The number of benzene rings is 2. The molecule has 1 saturated heterocycles. The first kappa shape index (κ1) is 35.7. The Hall–Kier alpha value is -5.74. The Bertz CT molecular complexity index is 2250. The lowest BCUT2D eigenvalue weighted by Crippen LogP contribution is -2.54. The van der Waals surface area contributed by atoms with Crippen LogP contribution in [0.3, 0.4) is 0 Å². The van der Waals surface area contributed by atoms with E-state index in [1.807, 2.05) is 30.5 Å². The minimum absolute atomic E-state index is 0.00354. The molecule has 0 radical (unpaired) electrons. The number of thiophene rings is 1. The zero-order valence-electron chi connectivity index (χ0n) is 28.8. The fourth-order valence-electron chi connectivity index (χ4n) is 6.58. The summed E-state index contributed by atoms with van der Waals surface area (Å²) in [6.45, 7) is 5.67. The summed E-state index contributed by atoms with van der Waals surface area (Å²) < 4.78 is 7.59. The van der Waals surface area contributed by atoms with E-state index in [9.17, 15) is 28.8 Å². The van der Waals surface area contributed by atoms with Crippen molar-refractivity contribution < 1.29 is 33.5 Å². The van der Waals surface area contributed by atoms with Crippen molar-refractivity contribution in [3.63, 3.8) is 0 Å². The van der Waals surface area contributed by atoms with Crippen molar-refractivity contribution in [3.8, 4) is 10.8 Å². The number of carbonyl (C=O) groups is 6. The molecule has 272 valence electrons. The highest BCUT2D eigenvalue weighted by atomic mass is 35.5. The summed E-state index contributed by atoms with van der Waals surface area (Å²) in [5.41, 5.74) is 3.59. The maximum absolute atomic E-state index is 13.3. The highest BCUT2D eigenvalue weighted by molar-refractivity contribution is 7.15. The van der Waals surface area contributed by atoms with Gasteiger partial charge >= 0.3 is 0 Å². The van der Waals surface area contributed by atoms with E-state index in [2.05, 4.69) is 33.1 Å². The Morgan fingerprint density at radius 1 is 0.962 bits per heavy atom. The van der Waals surface area contributed by atoms with Crippen LogP contribution in [0, 0.1) is 20.8 Å². The summed E-state index contributed by atoms with van der Waals surface area (Å²) in [6.07, 6.45) is -0.0210. The molecular weight excluding hydrogens is 724 g/mol. The van der Waals surface area contributed by atoms with Crippen LogP contribution in [0.4, 0.5) is 0 Å². The van der Waals surface area contributed by atoms with Gasteiger partial charge in [0.1, 0.15) is 28.7 Å². The molecule has 3 aliphatic heterocycles. The number of piperidine rings is 1. The van der Waals surface area contributed by atoms with E-state index >= 15 is 0 Å². The van der Waals surface area contributed by atoms with Crippen molar-refractivity contribution in [3.05, 3.63) is 91.8 Å². The summed E-state index contributed by atoms with van der Waals surface area (Å²) in [5, 5.41) is 17.9. The van der Waals surface area contributed by atoms with Crippen LogP contribution in [0.1, 0.15) is 79.2 Å². The van der Waals surface area contributed by atoms with Crippen molar-refractivity contribution in [2.24, 2.45) is 4.99 Å². The van der Waals surface area contributed by atoms with Gasteiger partial charge in [-0.1, -0.05) is 29.8 Å². The van der Waals surface area contributed by atoms with Gasteiger partial charge in [0.15, 0.2) is 12.4 Å². The van der Waals surface area contributed by atoms with Gasteiger partial charge in [-0.2, -0.15) is 0 Å². The molecule has 15 nitrogen and oxygen atoms in total. The van der Waals surface area contributed by atoms with Crippen LogP contribution < -0.4 is 20.7 Å². The number of aryl methyl sites for hydroxylation is 2. The number of hydrogen-bond donors (Lipinski definition) is 3. The molecule has 0 bridgehead atoms. The Morgan fingerprint density at radius 2 is 1.70 bits per heavy atom. The molecule has 0 aliphatic carbocycles. The second-order valence-electron chi connectivity index (χ2n) is 12.7. The minimum Gasteiger partial charge on any atom is -0.483 e. The largest absolute Gasteiger partial charge is 0.483 e. The Balaban J connectivity index is 0.968. The summed E-state index contributed by atoms with van der Waals surface area (Å²) >= 11 is 7.81. The lowest BCUT2D eigenvalue weighted by atomic mass is 9.99. The lowest BCUT2D eigenvalue weighted by Gasteiger charge is -2.27. The molecule has 6 amide bonds. The quantitative estimate of drug-likeness (QED) is 0.161. The van der Waals surface area contributed by atoms with Crippen LogP contribution in [-0.2, 0) is 19.2 Å². The van der Waals surface area contributed by atoms with Crippen LogP contribution in [0.2, 0.25) is 5.02 Å². The van der Waals surface area contributed by atoms with E-state index in [1.54, 1.807) is 23.5 Å². The first-order valence-electron chi connectivity index (χ1n) is 16.8. The molecule has 53 heavy (non-hydrogen) atoms. The predicted molar refractivity (Wildman–Crippen MR) is 193 cm³/mol. The molecule has 2 aromatic heterocycles. The lowest BCUT2D eigenvalue weighted by molar-refractivity contribution is -0.136. The monoisotopic (exact) mass is 756 g/mol. The summed E-state index contributed by atoms with van der Waals surface area (Å²) in [4.78, 5) is 83.3. The first-order valence-corrected chi connectivity index (χ1v) is 18.0. The van der Waals surface area contributed by atoms with Crippen LogP contribution in [0.15, 0.2) is 47.5 Å². The van der Waals surface area contributed by atoms with Gasteiger partial charge < -0.3 is 15.4 Å². The molecule has 5 heterocycles. The average molecular weight is 757 g/mol. The van der Waals surface area contributed by atoms with Crippen LogP contribution in [0.5, 0.6) is 5.75 Å². The normalized spacial score (nSPS) is 17.7. The van der Waals surface area contributed by atoms with E-state index in [1.165, 1.54) is 18.2 Å². The number of hydrogen-bond acceptors (Lipinski definition) is 11. The molecule has 7 rings (SSSR count). The molecule has 0 spiro atoms. The van der Waals surface area contributed by atoms with E-state index in [4.69, 9.17) is 21.3 Å². The van der Waals surface area contributed by atoms with Gasteiger partial charge in [-0.05, 0) is 57.0 Å². The van der Waals surface area contributed by atoms with E-state index in [0.29, 0.717) is 16.7 Å². The smallest absolute Gasteiger partial charge is 0.266 e. The predicted octanol–water partition coefficient (Wildman–Crippen LogP) is 2.90. The number of carbonyl (C=O) groups excluding carboxylic acids is 6. The number of nitrogens with one attached hydrogen (secondary N) is 3. The van der Waals surface area contributed by atoms with Crippen molar-refractivity contribution in [1.82, 2.24) is 35.6 Å². The van der Waals surface area contributed by atoms with E-state index in [0.717, 1.165) is 37.2 Å². The number of halogens is 1. The zero-order chi connectivity index (χ0) is 37.6. The summed E-state index contributed by atoms with van der Waals surface area (Å²) in [7, 11) is 0.